The fraction of sp³-hybridized carbons (Fsp3) is 0.444. The number of rotatable bonds is 5. The Bertz CT molecular complexity index is 520. The van der Waals surface area contributed by atoms with Crippen LogP contribution in [0.1, 0.15) is 12.8 Å². The van der Waals surface area contributed by atoms with Gasteiger partial charge in [-0.3, -0.25) is 0 Å². The van der Waals surface area contributed by atoms with Gasteiger partial charge in [-0.05, 0) is 25.0 Å². The van der Waals surface area contributed by atoms with Gasteiger partial charge in [0.15, 0.2) is 5.65 Å². The van der Waals surface area contributed by atoms with Gasteiger partial charge in [-0.25, -0.2) is 9.89 Å². The average Bonchev–Trinajstić information content (AvgIpc) is 2.67. The molecule has 0 fully saturated rings. The molecule has 2 aromatic rings. The third kappa shape index (κ3) is 2.33. The summed E-state index contributed by atoms with van der Waals surface area (Å²) in [6, 6.07) is 3.52. The highest BCUT2D eigenvalue weighted by molar-refractivity contribution is 6.17. The molecule has 2 N–H and O–H groups in total. The van der Waals surface area contributed by atoms with E-state index < -0.39 is 0 Å². The average molecular weight is 242 g/mol. The highest BCUT2D eigenvalue weighted by Gasteiger charge is 2.01. The molecule has 0 bridgehead atoms. The first-order valence-electron chi connectivity index (χ1n) is 5.05. The summed E-state index contributed by atoms with van der Waals surface area (Å²) >= 11 is 5.57. The van der Waals surface area contributed by atoms with E-state index in [0.29, 0.717) is 17.3 Å². The van der Waals surface area contributed by atoms with Gasteiger partial charge in [-0.15, -0.1) is 16.7 Å². The van der Waals surface area contributed by atoms with Crippen molar-refractivity contribution in [2.75, 3.05) is 17.7 Å². The predicted octanol–water partition coefficient (Wildman–Crippen LogP) is 0.848. The second-order valence-corrected chi connectivity index (χ2v) is 3.72. The van der Waals surface area contributed by atoms with E-state index in [1.54, 1.807) is 12.1 Å². The molecule has 0 amide bonds. The van der Waals surface area contributed by atoms with Crippen LogP contribution in [0.25, 0.3) is 5.65 Å². The smallest absolute Gasteiger partial charge is 0.364 e. The first kappa shape index (κ1) is 10.9. The van der Waals surface area contributed by atoms with E-state index >= 15 is 0 Å². The van der Waals surface area contributed by atoms with E-state index in [0.717, 1.165) is 19.4 Å². The predicted molar refractivity (Wildman–Crippen MR) is 62.1 cm³/mol. The molecule has 7 heteroatoms. The molecule has 2 aromatic heterocycles. The lowest BCUT2D eigenvalue weighted by molar-refractivity contribution is 0.821. The van der Waals surface area contributed by atoms with Crippen molar-refractivity contribution in [3.8, 4) is 0 Å². The molecule has 0 aliphatic heterocycles. The van der Waals surface area contributed by atoms with Crippen molar-refractivity contribution in [1.29, 1.82) is 0 Å². The van der Waals surface area contributed by atoms with Gasteiger partial charge in [0.05, 0.1) is 0 Å². The fourth-order valence-corrected chi connectivity index (χ4v) is 1.52. The zero-order chi connectivity index (χ0) is 11.4. The van der Waals surface area contributed by atoms with Crippen LogP contribution in [0, 0.1) is 0 Å². The van der Waals surface area contributed by atoms with Crippen molar-refractivity contribution in [2.24, 2.45) is 0 Å². The van der Waals surface area contributed by atoms with Crippen LogP contribution in [0.15, 0.2) is 16.9 Å². The number of halogens is 1. The summed E-state index contributed by atoms with van der Waals surface area (Å²) < 4.78 is 1.23. The number of alkyl halides is 1. The molecule has 86 valence electrons. The number of nitrogens with one attached hydrogen (secondary N) is 2. The van der Waals surface area contributed by atoms with Crippen LogP contribution in [-0.2, 0) is 0 Å². The lowest BCUT2D eigenvalue weighted by Gasteiger charge is -2.03. The van der Waals surface area contributed by atoms with Crippen LogP contribution in [0.2, 0.25) is 0 Å². The molecule has 0 radical (unpaired) electrons. The third-order valence-electron chi connectivity index (χ3n) is 2.14. The molecule has 0 aliphatic carbocycles. The second kappa shape index (κ2) is 4.98. The Hall–Kier alpha value is -1.56. The van der Waals surface area contributed by atoms with Gasteiger partial charge in [-0.1, -0.05) is 0 Å². The minimum atomic E-state index is -0.334. The number of hydrogen-bond acceptors (Lipinski definition) is 4. The number of nitrogens with zero attached hydrogens (tertiary/aromatic N) is 3. The van der Waals surface area contributed by atoms with Crippen molar-refractivity contribution < 1.29 is 0 Å². The Kier molecular flexibility index (Phi) is 3.40. The van der Waals surface area contributed by atoms with Crippen LogP contribution in [0.4, 0.5) is 5.82 Å². The number of hydrogen-bond donors (Lipinski definition) is 2. The maximum Gasteiger partial charge on any atom is 0.364 e. The van der Waals surface area contributed by atoms with E-state index in [4.69, 9.17) is 11.6 Å². The molecule has 0 saturated heterocycles. The minimum absolute atomic E-state index is 0.334. The molecule has 0 atom stereocenters. The zero-order valence-corrected chi connectivity index (χ0v) is 9.37. The quantitative estimate of drug-likeness (QED) is 0.601. The molecule has 0 unspecified atom stereocenters. The summed E-state index contributed by atoms with van der Waals surface area (Å²) in [4.78, 5) is 11.2. The molecule has 0 aliphatic rings. The van der Waals surface area contributed by atoms with Crippen LogP contribution >= 0.6 is 11.6 Å². The molecule has 6 nitrogen and oxygen atoms in total. The molecule has 0 saturated carbocycles. The zero-order valence-electron chi connectivity index (χ0n) is 8.61. The maximum absolute atomic E-state index is 11.2. The van der Waals surface area contributed by atoms with Crippen LogP contribution < -0.4 is 11.0 Å². The van der Waals surface area contributed by atoms with Gasteiger partial charge in [0, 0.05) is 12.4 Å². The van der Waals surface area contributed by atoms with Crippen molar-refractivity contribution >= 4 is 23.1 Å². The Labute approximate surface area is 96.6 Å². The Morgan fingerprint density at radius 3 is 3.12 bits per heavy atom. The normalized spacial score (nSPS) is 10.8. The number of anilines is 1. The van der Waals surface area contributed by atoms with Gasteiger partial charge in [0.1, 0.15) is 5.82 Å². The third-order valence-corrected chi connectivity index (χ3v) is 2.41. The SMILES string of the molecule is O=c1[nH]nc2ccc(NCCCCCl)nn12. The molecule has 0 spiro atoms. The van der Waals surface area contributed by atoms with E-state index in [2.05, 4.69) is 20.6 Å². The van der Waals surface area contributed by atoms with Gasteiger partial charge in [-0.2, -0.15) is 9.61 Å². The fourth-order valence-electron chi connectivity index (χ4n) is 1.33. The van der Waals surface area contributed by atoms with E-state index in [1.807, 2.05) is 0 Å². The molecule has 0 aromatic carbocycles. The number of H-pyrrole nitrogens is 1. The minimum Gasteiger partial charge on any atom is -0.369 e. The summed E-state index contributed by atoms with van der Waals surface area (Å²) in [7, 11) is 0. The lowest BCUT2D eigenvalue weighted by Crippen LogP contribution is -2.14. The van der Waals surface area contributed by atoms with Crippen molar-refractivity contribution in [1.82, 2.24) is 19.8 Å². The first-order valence-corrected chi connectivity index (χ1v) is 5.59. The number of aromatic nitrogens is 4. The van der Waals surface area contributed by atoms with Crippen molar-refractivity contribution in [3.63, 3.8) is 0 Å². The number of fused-ring (bicyclic) bond motifs is 1. The molecular weight excluding hydrogens is 230 g/mol. The van der Waals surface area contributed by atoms with Crippen LogP contribution in [-0.4, -0.2) is 32.2 Å². The summed E-state index contributed by atoms with van der Waals surface area (Å²) in [6.07, 6.45) is 1.94. The van der Waals surface area contributed by atoms with E-state index in [9.17, 15) is 4.79 Å². The molecule has 2 rings (SSSR count). The topological polar surface area (TPSA) is 75.1 Å². The Morgan fingerprint density at radius 2 is 2.31 bits per heavy atom. The highest BCUT2D eigenvalue weighted by atomic mass is 35.5. The maximum atomic E-state index is 11.2. The summed E-state index contributed by atoms with van der Waals surface area (Å²) in [5.74, 6) is 1.32. The Morgan fingerprint density at radius 1 is 1.44 bits per heavy atom. The monoisotopic (exact) mass is 241 g/mol. The largest absolute Gasteiger partial charge is 0.369 e. The lowest BCUT2D eigenvalue weighted by atomic mass is 10.3. The van der Waals surface area contributed by atoms with Crippen molar-refractivity contribution in [3.05, 3.63) is 22.6 Å². The van der Waals surface area contributed by atoms with Gasteiger partial charge in [0.2, 0.25) is 0 Å². The van der Waals surface area contributed by atoms with E-state index in [1.165, 1.54) is 4.52 Å². The standard InChI is InChI=1S/C9H12ClN5O/c10-5-1-2-6-11-7-3-4-8-12-13-9(16)15(8)14-7/h3-4H,1-2,5-6H2,(H,11,14)(H,13,16). The molecular formula is C9H12ClN5O. The second-order valence-electron chi connectivity index (χ2n) is 3.34. The van der Waals surface area contributed by atoms with Gasteiger partial charge >= 0.3 is 5.69 Å². The van der Waals surface area contributed by atoms with Crippen molar-refractivity contribution in [2.45, 2.75) is 12.8 Å². The van der Waals surface area contributed by atoms with Gasteiger partial charge < -0.3 is 5.32 Å². The van der Waals surface area contributed by atoms with Gasteiger partial charge in [0.25, 0.3) is 0 Å². The van der Waals surface area contributed by atoms with E-state index in [-0.39, 0.29) is 5.69 Å². The van der Waals surface area contributed by atoms with Crippen LogP contribution in [0.3, 0.4) is 0 Å². The summed E-state index contributed by atoms with van der Waals surface area (Å²) in [5, 5.41) is 13.3. The molecule has 16 heavy (non-hydrogen) atoms. The van der Waals surface area contributed by atoms with Crippen LogP contribution in [0.5, 0.6) is 0 Å². The first-order chi connectivity index (χ1) is 7.81. The summed E-state index contributed by atoms with van der Waals surface area (Å²) in [6.45, 7) is 0.790. The highest BCUT2D eigenvalue weighted by Crippen LogP contribution is 2.03. The summed E-state index contributed by atoms with van der Waals surface area (Å²) in [5.41, 5.74) is 0.177. The molecule has 2 heterocycles. The Balaban J connectivity index is 2.07. The number of aromatic amines is 1. The number of unbranched alkanes of at least 4 members (excludes halogenated alkanes) is 1.